The average molecular weight is 380 g/mol. The number of pyridine rings is 1. The molecule has 1 aliphatic rings. The first-order valence-electron chi connectivity index (χ1n) is 9.86. The van der Waals surface area contributed by atoms with Gasteiger partial charge < -0.3 is 16.0 Å². The molecule has 1 saturated heterocycles. The fourth-order valence-corrected chi connectivity index (χ4v) is 3.76. The third-order valence-electron chi connectivity index (χ3n) is 5.22. The Hall–Kier alpha value is -2.73. The van der Waals surface area contributed by atoms with Crippen LogP contribution in [0.5, 0.6) is 0 Å². The van der Waals surface area contributed by atoms with E-state index in [0.717, 1.165) is 42.5 Å². The van der Waals surface area contributed by atoms with Gasteiger partial charge in [0.25, 0.3) is 5.91 Å². The van der Waals surface area contributed by atoms with Gasteiger partial charge in [0.05, 0.1) is 0 Å². The predicted octanol–water partition coefficient (Wildman–Crippen LogP) is 2.59. The minimum Gasteiger partial charge on any atom is -0.356 e. The van der Waals surface area contributed by atoms with E-state index in [4.69, 9.17) is 5.73 Å². The third kappa shape index (κ3) is 4.95. The second-order valence-corrected chi connectivity index (χ2v) is 7.34. The van der Waals surface area contributed by atoms with E-state index in [9.17, 15) is 9.59 Å². The van der Waals surface area contributed by atoms with Gasteiger partial charge in [-0.1, -0.05) is 24.3 Å². The van der Waals surface area contributed by atoms with Crippen molar-refractivity contribution in [2.75, 3.05) is 19.6 Å². The van der Waals surface area contributed by atoms with E-state index in [1.165, 1.54) is 6.92 Å². The van der Waals surface area contributed by atoms with E-state index < -0.39 is 0 Å². The van der Waals surface area contributed by atoms with Crippen LogP contribution in [0.15, 0.2) is 42.6 Å². The zero-order valence-electron chi connectivity index (χ0n) is 16.4. The molecule has 1 aromatic heterocycles. The normalized spacial score (nSPS) is 16.6. The molecule has 1 atom stereocenters. The lowest BCUT2D eigenvalue weighted by atomic mass is 9.94. The molecule has 2 amide bonds. The highest BCUT2D eigenvalue weighted by atomic mass is 16.2. The van der Waals surface area contributed by atoms with E-state index in [1.54, 1.807) is 6.20 Å². The standard InChI is InChI=1S/C22H28N4O2/c1-16(27)24-11-9-17-6-4-12-26(15-17)22(28)21-20(8-3-10-25-21)19-7-2-5-18(13-19)14-23/h2-3,5,7-8,10,13,17H,4,6,9,11-12,14-15,23H2,1H3,(H,24,27)/t17-/m0/s1. The molecule has 2 aromatic rings. The highest BCUT2D eigenvalue weighted by Gasteiger charge is 2.26. The lowest BCUT2D eigenvalue weighted by Crippen LogP contribution is -2.41. The van der Waals surface area contributed by atoms with Crippen LogP contribution in [0.1, 0.15) is 42.2 Å². The van der Waals surface area contributed by atoms with Crippen molar-refractivity contribution in [3.05, 3.63) is 53.9 Å². The molecule has 0 unspecified atom stereocenters. The molecular formula is C22H28N4O2. The number of hydrogen-bond donors (Lipinski definition) is 2. The minimum atomic E-state index is -0.0296. The molecule has 0 spiro atoms. The van der Waals surface area contributed by atoms with E-state index in [2.05, 4.69) is 10.3 Å². The summed E-state index contributed by atoms with van der Waals surface area (Å²) in [5, 5.41) is 2.85. The van der Waals surface area contributed by atoms with Crippen molar-refractivity contribution in [1.82, 2.24) is 15.2 Å². The quantitative estimate of drug-likeness (QED) is 0.806. The molecule has 3 rings (SSSR count). The number of nitrogens with two attached hydrogens (primary N) is 1. The number of amides is 2. The summed E-state index contributed by atoms with van der Waals surface area (Å²) < 4.78 is 0. The SMILES string of the molecule is CC(=O)NCC[C@@H]1CCCN(C(=O)c2ncccc2-c2cccc(CN)c2)C1. The van der Waals surface area contributed by atoms with Crippen LogP contribution in [0, 0.1) is 5.92 Å². The Bertz CT molecular complexity index is 837. The number of nitrogens with zero attached hydrogens (tertiary/aromatic N) is 2. The van der Waals surface area contributed by atoms with Crippen molar-refractivity contribution >= 4 is 11.8 Å². The zero-order chi connectivity index (χ0) is 19.9. The number of piperidine rings is 1. The topological polar surface area (TPSA) is 88.3 Å². The molecule has 6 nitrogen and oxygen atoms in total. The van der Waals surface area contributed by atoms with Crippen molar-refractivity contribution in [2.45, 2.75) is 32.7 Å². The van der Waals surface area contributed by atoms with Gasteiger partial charge in [0.15, 0.2) is 0 Å². The van der Waals surface area contributed by atoms with Crippen LogP contribution in [-0.4, -0.2) is 41.3 Å². The second kappa shape index (κ2) is 9.46. The lowest BCUT2D eigenvalue weighted by molar-refractivity contribution is -0.119. The summed E-state index contributed by atoms with van der Waals surface area (Å²) in [5.41, 5.74) is 9.07. The van der Waals surface area contributed by atoms with E-state index in [0.29, 0.717) is 31.2 Å². The number of nitrogens with one attached hydrogen (secondary N) is 1. The van der Waals surface area contributed by atoms with E-state index in [-0.39, 0.29) is 11.8 Å². The maximum absolute atomic E-state index is 13.2. The fourth-order valence-electron chi connectivity index (χ4n) is 3.76. The van der Waals surface area contributed by atoms with Gasteiger partial charge in [-0.3, -0.25) is 14.6 Å². The average Bonchev–Trinajstić information content (AvgIpc) is 2.73. The molecule has 3 N–H and O–H groups in total. The van der Waals surface area contributed by atoms with Crippen LogP contribution < -0.4 is 11.1 Å². The molecule has 1 fully saturated rings. The molecular weight excluding hydrogens is 352 g/mol. The van der Waals surface area contributed by atoms with Gasteiger partial charge in [0, 0.05) is 44.9 Å². The van der Waals surface area contributed by atoms with Gasteiger partial charge in [-0.2, -0.15) is 0 Å². The molecule has 148 valence electrons. The van der Waals surface area contributed by atoms with Crippen LogP contribution in [0.3, 0.4) is 0 Å². The van der Waals surface area contributed by atoms with Crippen molar-refractivity contribution < 1.29 is 9.59 Å². The van der Waals surface area contributed by atoms with Crippen molar-refractivity contribution in [2.24, 2.45) is 11.7 Å². The van der Waals surface area contributed by atoms with Crippen LogP contribution >= 0.6 is 0 Å². The van der Waals surface area contributed by atoms with E-state index >= 15 is 0 Å². The van der Waals surface area contributed by atoms with Crippen molar-refractivity contribution in [3.63, 3.8) is 0 Å². The Morgan fingerprint density at radius 2 is 2.14 bits per heavy atom. The Labute approximate surface area is 166 Å². The summed E-state index contributed by atoms with van der Waals surface area (Å²) in [6.07, 6.45) is 4.61. The molecule has 28 heavy (non-hydrogen) atoms. The molecule has 0 saturated carbocycles. The summed E-state index contributed by atoms with van der Waals surface area (Å²) in [5.74, 6) is 0.358. The molecule has 2 heterocycles. The first-order valence-corrected chi connectivity index (χ1v) is 9.86. The number of rotatable bonds is 6. The maximum Gasteiger partial charge on any atom is 0.273 e. The van der Waals surface area contributed by atoms with Crippen molar-refractivity contribution in [3.8, 4) is 11.1 Å². The highest BCUT2D eigenvalue weighted by molar-refractivity contribution is 5.99. The third-order valence-corrected chi connectivity index (χ3v) is 5.22. The first kappa shape index (κ1) is 20.0. The molecule has 6 heteroatoms. The molecule has 1 aliphatic heterocycles. The number of likely N-dealkylation sites (tertiary alicyclic amines) is 1. The molecule has 0 bridgehead atoms. The highest BCUT2D eigenvalue weighted by Crippen LogP contribution is 2.26. The Kier molecular flexibility index (Phi) is 6.76. The Morgan fingerprint density at radius 1 is 1.29 bits per heavy atom. The van der Waals surface area contributed by atoms with Crippen LogP contribution in [-0.2, 0) is 11.3 Å². The summed E-state index contributed by atoms with van der Waals surface area (Å²) in [6.45, 7) is 4.09. The van der Waals surface area contributed by atoms with Crippen LogP contribution in [0.2, 0.25) is 0 Å². The smallest absolute Gasteiger partial charge is 0.273 e. The second-order valence-electron chi connectivity index (χ2n) is 7.34. The van der Waals surface area contributed by atoms with E-state index in [1.807, 2.05) is 41.3 Å². The zero-order valence-corrected chi connectivity index (χ0v) is 16.4. The summed E-state index contributed by atoms with van der Waals surface area (Å²) in [6, 6.07) is 11.7. The van der Waals surface area contributed by atoms with Gasteiger partial charge in [-0.15, -0.1) is 0 Å². The maximum atomic E-state index is 13.2. The monoisotopic (exact) mass is 380 g/mol. The van der Waals surface area contributed by atoms with Crippen LogP contribution in [0.25, 0.3) is 11.1 Å². The number of aromatic nitrogens is 1. The van der Waals surface area contributed by atoms with Gasteiger partial charge in [-0.05, 0) is 48.4 Å². The van der Waals surface area contributed by atoms with Gasteiger partial charge >= 0.3 is 0 Å². The largest absolute Gasteiger partial charge is 0.356 e. The molecule has 0 radical (unpaired) electrons. The Balaban J connectivity index is 1.76. The number of benzene rings is 1. The summed E-state index contributed by atoms with van der Waals surface area (Å²) in [4.78, 5) is 30.6. The van der Waals surface area contributed by atoms with Gasteiger partial charge in [0.2, 0.25) is 5.91 Å². The first-order chi connectivity index (χ1) is 13.6. The summed E-state index contributed by atoms with van der Waals surface area (Å²) in [7, 11) is 0. The number of carbonyl (C=O) groups excluding carboxylic acids is 2. The molecule has 0 aliphatic carbocycles. The van der Waals surface area contributed by atoms with Crippen LogP contribution in [0.4, 0.5) is 0 Å². The minimum absolute atomic E-state index is 0.0124. The predicted molar refractivity (Wildman–Crippen MR) is 109 cm³/mol. The van der Waals surface area contributed by atoms with Gasteiger partial charge in [0.1, 0.15) is 5.69 Å². The lowest BCUT2D eigenvalue weighted by Gasteiger charge is -2.33. The number of carbonyl (C=O) groups is 2. The fraction of sp³-hybridized carbons (Fsp3) is 0.409. The summed E-state index contributed by atoms with van der Waals surface area (Å²) >= 11 is 0. The van der Waals surface area contributed by atoms with Gasteiger partial charge in [-0.25, -0.2) is 0 Å². The Morgan fingerprint density at radius 3 is 2.93 bits per heavy atom. The van der Waals surface area contributed by atoms with Crippen molar-refractivity contribution in [1.29, 1.82) is 0 Å². The number of hydrogen-bond acceptors (Lipinski definition) is 4. The molecule has 1 aromatic carbocycles.